The van der Waals surface area contributed by atoms with Crippen molar-refractivity contribution < 1.29 is 48.0 Å². The monoisotopic (exact) mass is 656 g/mol. The number of rotatable bonds is 8. The van der Waals surface area contributed by atoms with E-state index in [2.05, 4.69) is 16.3 Å². The third-order valence-corrected chi connectivity index (χ3v) is 9.45. The summed E-state index contributed by atoms with van der Waals surface area (Å²) < 4.78 is 28.5. The predicted molar refractivity (Wildman–Crippen MR) is 170 cm³/mol. The van der Waals surface area contributed by atoms with Gasteiger partial charge in [-0.25, -0.2) is 14.4 Å². The lowest BCUT2D eigenvalue weighted by molar-refractivity contribution is -0.175. The number of hydrogen-bond acceptors (Lipinski definition) is 11. The molecule has 258 valence electrons. The molecule has 1 aromatic carbocycles. The molecule has 4 aliphatic rings. The van der Waals surface area contributed by atoms with E-state index in [9.17, 15) is 24.3 Å². The third-order valence-electron chi connectivity index (χ3n) is 9.45. The average molecular weight is 657 g/mol. The molecule has 1 spiro atoms. The van der Waals surface area contributed by atoms with Gasteiger partial charge in [0.1, 0.15) is 28.8 Å². The van der Waals surface area contributed by atoms with Crippen LogP contribution in [0.25, 0.3) is 0 Å². The molecule has 1 amide bonds. The lowest BCUT2D eigenvalue weighted by atomic mass is 9.50. The number of amides is 1. The molecule has 1 saturated heterocycles. The van der Waals surface area contributed by atoms with Gasteiger partial charge in [-0.05, 0) is 105 Å². The Morgan fingerprint density at radius 3 is 2.43 bits per heavy atom. The maximum absolute atomic E-state index is 13.3. The zero-order chi connectivity index (χ0) is 34.7. The second-order valence-corrected chi connectivity index (χ2v) is 15.2. The van der Waals surface area contributed by atoms with Crippen LogP contribution in [0.3, 0.4) is 0 Å². The van der Waals surface area contributed by atoms with Crippen molar-refractivity contribution in [1.82, 2.24) is 10.2 Å². The highest BCUT2D eigenvalue weighted by Gasteiger charge is 2.71. The van der Waals surface area contributed by atoms with Crippen molar-refractivity contribution in [3.63, 3.8) is 0 Å². The molecule has 5 rings (SSSR count). The Labute approximate surface area is 276 Å². The van der Waals surface area contributed by atoms with Crippen molar-refractivity contribution in [2.75, 3.05) is 13.6 Å². The van der Waals surface area contributed by atoms with Gasteiger partial charge in [-0.1, -0.05) is 12.1 Å². The van der Waals surface area contributed by atoms with Crippen molar-refractivity contribution in [3.05, 3.63) is 40.7 Å². The summed E-state index contributed by atoms with van der Waals surface area (Å²) in [6.45, 7) is 14.2. The highest BCUT2D eigenvalue weighted by atomic mass is 16.6. The molecule has 0 saturated carbocycles. The minimum atomic E-state index is -1.28. The van der Waals surface area contributed by atoms with Crippen LogP contribution in [0.4, 0.5) is 4.79 Å². The first-order valence-corrected chi connectivity index (χ1v) is 16.3. The van der Waals surface area contributed by atoms with Crippen LogP contribution in [0.5, 0.6) is 5.75 Å². The van der Waals surface area contributed by atoms with Gasteiger partial charge in [-0.3, -0.25) is 4.79 Å². The molecule has 6 atom stereocenters. The van der Waals surface area contributed by atoms with Crippen LogP contribution in [0.2, 0.25) is 0 Å². The molecule has 2 aliphatic heterocycles. The molecule has 12 heteroatoms. The summed E-state index contributed by atoms with van der Waals surface area (Å²) in [5.74, 6) is -1.27. The molecule has 12 nitrogen and oxygen atoms in total. The van der Waals surface area contributed by atoms with E-state index in [0.717, 1.165) is 29.0 Å². The number of carbonyl (C=O) groups is 4. The number of aliphatic hydroxyl groups is 1. The molecule has 2 heterocycles. The molecule has 47 heavy (non-hydrogen) atoms. The number of piperidine rings is 1. The number of carbonyl (C=O) groups excluding carboxylic acids is 4. The first kappa shape index (κ1) is 34.7. The Balaban J connectivity index is 1.25. The SMILES string of the molecule is Cc1ccc2c3c1O[C@H]1C(OC(=O)[C@H](C)OC(=O)CC[C@H](NC(=O)OC(C)(C)C)C(=O)OC(C)(C)C)=CC[C@@]4(O)[C@@H](C2)N(C)CC[C@]314. The highest BCUT2D eigenvalue weighted by Crippen LogP contribution is 2.64. The second-order valence-electron chi connectivity index (χ2n) is 15.2. The number of hydrogen-bond donors (Lipinski definition) is 2. The van der Waals surface area contributed by atoms with Crippen LogP contribution in [0.15, 0.2) is 24.0 Å². The Morgan fingerprint density at radius 1 is 1.09 bits per heavy atom. The quantitative estimate of drug-likeness (QED) is 0.311. The molecular weight excluding hydrogens is 608 g/mol. The van der Waals surface area contributed by atoms with Gasteiger partial charge in [0.2, 0.25) is 0 Å². The predicted octanol–water partition coefficient (Wildman–Crippen LogP) is 3.76. The summed E-state index contributed by atoms with van der Waals surface area (Å²) in [6.07, 6.45) is 0.0557. The number of alkyl carbamates (subject to hydrolysis) is 1. The molecule has 2 N–H and O–H groups in total. The lowest BCUT2D eigenvalue weighted by Gasteiger charge is -2.61. The first-order valence-electron chi connectivity index (χ1n) is 16.3. The van der Waals surface area contributed by atoms with E-state index in [-0.39, 0.29) is 25.3 Å². The minimum Gasteiger partial charge on any atom is -0.481 e. The number of likely N-dealkylation sites (N-methyl/N-ethyl adjacent to an activating group) is 1. The summed E-state index contributed by atoms with van der Waals surface area (Å²) in [7, 11) is 2.03. The zero-order valence-corrected chi connectivity index (χ0v) is 28.9. The molecule has 2 aliphatic carbocycles. The van der Waals surface area contributed by atoms with E-state index in [4.69, 9.17) is 23.7 Å². The topological polar surface area (TPSA) is 150 Å². The van der Waals surface area contributed by atoms with Gasteiger partial charge in [0, 0.05) is 24.4 Å². The van der Waals surface area contributed by atoms with Crippen molar-refractivity contribution in [1.29, 1.82) is 0 Å². The average Bonchev–Trinajstić information content (AvgIpc) is 3.30. The molecule has 1 fully saturated rings. The van der Waals surface area contributed by atoms with Gasteiger partial charge < -0.3 is 39.0 Å². The summed E-state index contributed by atoms with van der Waals surface area (Å²) in [6, 6.07) is 2.82. The number of likely N-dealkylation sites (tertiary alicyclic amines) is 1. The van der Waals surface area contributed by atoms with E-state index in [1.807, 2.05) is 20.0 Å². The number of benzene rings is 1. The fraction of sp³-hybridized carbons (Fsp3) is 0.657. The first-order chi connectivity index (χ1) is 21.8. The largest absolute Gasteiger partial charge is 0.481 e. The van der Waals surface area contributed by atoms with E-state index >= 15 is 0 Å². The Hall–Kier alpha value is -3.64. The van der Waals surface area contributed by atoms with Crippen molar-refractivity contribution in [3.8, 4) is 5.75 Å². The smallest absolute Gasteiger partial charge is 0.408 e. The summed E-state index contributed by atoms with van der Waals surface area (Å²) >= 11 is 0. The van der Waals surface area contributed by atoms with Crippen LogP contribution in [-0.2, 0) is 45.2 Å². The van der Waals surface area contributed by atoms with Gasteiger partial charge in [0.05, 0.1) is 11.0 Å². The van der Waals surface area contributed by atoms with Crippen molar-refractivity contribution in [2.24, 2.45) is 0 Å². The molecular formula is C35H48N2O10. The Kier molecular flexibility index (Phi) is 8.94. The summed E-state index contributed by atoms with van der Waals surface area (Å²) in [5, 5.41) is 14.8. The molecule has 0 unspecified atom stereocenters. The lowest BCUT2D eigenvalue weighted by Crippen LogP contribution is -2.74. The number of esters is 3. The van der Waals surface area contributed by atoms with Gasteiger partial charge in [-0.2, -0.15) is 0 Å². The van der Waals surface area contributed by atoms with Crippen LogP contribution in [0.1, 0.15) is 90.8 Å². The van der Waals surface area contributed by atoms with Gasteiger partial charge in [0.15, 0.2) is 12.2 Å². The highest BCUT2D eigenvalue weighted by molar-refractivity contribution is 5.83. The third kappa shape index (κ3) is 6.46. The van der Waals surface area contributed by atoms with Crippen LogP contribution in [0, 0.1) is 6.92 Å². The maximum atomic E-state index is 13.3. The van der Waals surface area contributed by atoms with Crippen molar-refractivity contribution in [2.45, 2.75) is 134 Å². The second kappa shape index (κ2) is 12.1. The summed E-state index contributed by atoms with van der Waals surface area (Å²) in [5.41, 5.74) is -0.424. The number of nitrogens with one attached hydrogen (secondary N) is 1. The number of nitrogens with zero attached hydrogens (tertiary/aromatic N) is 1. The van der Waals surface area contributed by atoms with E-state index in [1.165, 1.54) is 6.92 Å². The molecule has 2 bridgehead atoms. The van der Waals surface area contributed by atoms with Crippen LogP contribution >= 0.6 is 0 Å². The van der Waals surface area contributed by atoms with Crippen LogP contribution in [-0.4, -0.2) is 88.7 Å². The van der Waals surface area contributed by atoms with Crippen LogP contribution < -0.4 is 10.1 Å². The standard InChI is InChI=1S/C35H48N2O10/c1-19-10-11-21-18-24-35(42)15-14-23(28-34(35,16-17-37(24)9)26(21)27(19)45-28)44-29(39)20(2)43-25(38)13-12-22(30(40)46-32(3,4)5)36-31(41)47-33(6,7)8/h10-11,14,20,22,24,28,42H,12-13,15-18H2,1-9H3,(H,36,41)/t20-,22-,24+,28-,34-,35+/m0/s1. The fourth-order valence-corrected chi connectivity index (χ4v) is 7.42. The van der Waals surface area contributed by atoms with Gasteiger partial charge in [0.25, 0.3) is 0 Å². The fourth-order valence-electron chi connectivity index (χ4n) is 7.42. The van der Waals surface area contributed by atoms with E-state index < -0.39 is 64.5 Å². The minimum absolute atomic E-state index is 0.119. The van der Waals surface area contributed by atoms with E-state index in [1.54, 1.807) is 47.6 Å². The Morgan fingerprint density at radius 2 is 1.77 bits per heavy atom. The Bertz CT molecular complexity index is 1490. The normalized spacial score (nSPS) is 27.3. The summed E-state index contributed by atoms with van der Waals surface area (Å²) in [4.78, 5) is 53.6. The number of ether oxygens (including phenoxy) is 5. The van der Waals surface area contributed by atoms with Gasteiger partial charge in [-0.15, -0.1) is 0 Å². The zero-order valence-electron chi connectivity index (χ0n) is 28.9. The van der Waals surface area contributed by atoms with E-state index in [0.29, 0.717) is 18.6 Å². The van der Waals surface area contributed by atoms with Crippen molar-refractivity contribution >= 4 is 24.0 Å². The molecule has 0 radical (unpaired) electrons. The molecule has 1 aromatic rings. The number of aryl methyl sites for hydroxylation is 1. The maximum Gasteiger partial charge on any atom is 0.408 e. The molecule has 0 aromatic heterocycles. The van der Waals surface area contributed by atoms with Gasteiger partial charge >= 0.3 is 24.0 Å².